The van der Waals surface area contributed by atoms with Gasteiger partial charge in [0.05, 0.1) is 6.10 Å². The van der Waals surface area contributed by atoms with Gasteiger partial charge >= 0.3 is 0 Å². The number of benzene rings is 1. The van der Waals surface area contributed by atoms with E-state index in [1.807, 2.05) is 0 Å². The molecule has 1 heterocycles. The van der Waals surface area contributed by atoms with Gasteiger partial charge in [-0.05, 0) is 36.7 Å². The predicted molar refractivity (Wildman–Crippen MR) is 74.7 cm³/mol. The molecule has 2 nitrogen and oxygen atoms in total. The fraction of sp³-hybridized carbons (Fsp3) is 0.625. The van der Waals surface area contributed by atoms with Crippen molar-refractivity contribution in [3.63, 3.8) is 0 Å². The van der Waals surface area contributed by atoms with Crippen LogP contribution in [0, 0.1) is 11.8 Å². The minimum absolute atomic E-state index is 0.284. The summed E-state index contributed by atoms with van der Waals surface area (Å²) in [5.41, 5.74) is 3.71. The normalized spacial score (nSPS) is 28.6. The van der Waals surface area contributed by atoms with Crippen LogP contribution in [0.3, 0.4) is 0 Å². The Kier molecular flexibility index (Phi) is 3.29. The molecule has 0 amide bonds. The molecule has 0 radical (unpaired) electrons. The molecule has 1 aromatic carbocycles. The molecular formula is C16H23NO. The van der Waals surface area contributed by atoms with E-state index in [0.717, 1.165) is 24.4 Å². The van der Waals surface area contributed by atoms with Gasteiger partial charge in [-0.15, -0.1) is 0 Å². The smallest absolute Gasteiger partial charge is 0.0838 e. The Morgan fingerprint density at radius 2 is 2.22 bits per heavy atom. The van der Waals surface area contributed by atoms with Crippen molar-refractivity contribution in [3.05, 3.63) is 29.3 Å². The van der Waals surface area contributed by atoms with Crippen LogP contribution < -0.4 is 5.32 Å². The SMILES string of the molecule is CC1CCCC(C(O)c2cccc3c2NCC3)C1. The van der Waals surface area contributed by atoms with Gasteiger partial charge in [0.15, 0.2) is 0 Å². The van der Waals surface area contributed by atoms with Crippen LogP contribution in [-0.4, -0.2) is 11.7 Å². The maximum Gasteiger partial charge on any atom is 0.0838 e. The number of nitrogens with one attached hydrogen (secondary N) is 1. The molecule has 0 aromatic heterocycles. The number of aliphatic hydroxyl groups is 1. The number of hydrogen-bond acceptors (Lipinski definition) is 2. The molecule has 1 fully saturated rings. The van der Waals surface area contributed by atoms with E-state index < -0.39 is 0 Å². The van der Waals surface area contributed by atoms with Crippen LogP contribution in [0.5, 0.6) is 0 Å². The van der Waals surface area contributed by atoms with Gasteiger partial charge in [-0.1, -0.05) is 38.0 Å². The van der Waals surface area contributed by atoms with E-state index in [-0.39, 0.29) is 6.10 Å². The lowest BCUT2D eigenvalue weighted by molar-refractivity contribution is 0.0719. The van der Waals surface area contributed by atoms with E-state index in [9.17, 15) is 5.11 Å². The predicted octanol–water partition coefficient (Wildman–Crippen LogP) is 3.51. The van der Waals surface area contributed by atoms with Crippen molar-refractivity contribution in [2.45, 2.75) is 45.1 Å². The lowest BCUT2D eigenvalue weighted by Gasteiger charge is -2.31. The van der Waals surface area contributed by atoms with Crippen LogP contribution in [0.2, 0.25) is 0 Å². The minimum atomic E-state index is -0.284. The number of anilines is 1. The molecule has 1 saturated carbocycles. The van der Waals surface area contributed by atoms with Gasteiger partial charge in [0.1, 0.15) is 0 Å². The van der Waals surface area contributed by atoms with Gasteiger partial charge in [0, 0.05) is 17.8 Å². The quantitative estimate of drug-likeness (QED) is 0.835. The molecule has 1 aliphatic heterocycles. The van der Waals surface area contributed by atoms with E-state index in [1.54, 1.807) is 0 Å². The second kappa shape index (κ2) is 4.93. The molecule has 0 spiro atoms. The molecule has 18 heavy (non-hydrogen) atoms. The highest BCUT2D eigenvalue weighted by atomic mass is 16.3. The summed E-state index contributed by atoms with van der Waals surface area (Å²) in [5.74, 6) is 1.21. The van der Waals surface area contributed by atoms with Crippen LogP contribution in [0.1, 0.15) is 49.8 Å². The molecular weight excluding hydrogens is 222 g/mol. The average molecular weight is 245 g/mol. The minimum Gasteiger partial charge on any atom is -0.388 e. The molecule has 1 aromatic rings. The molecule has 2 N–H and O–H groups in total. The van der Waals surface area contributed by atoms with Crippen LogP contribution in [-0.2, 0) is 6.42 Å². The van der Waals surface area contributed by atoms with Crippen LogP contribution in [0.4, 0.5) is 5.69 Å². The summed E-state index contributed by atoms with van der Waals surface area (Å²) in [6, 6.07) is 6.37. The lowest BCUT2D eigenvalue weighted by atomic mass is 9.77. The van der Waals surface area contributed by atoms with Crippen LogP contribution in [0.25, 0.3) is 0 Å². The monoisotopic (exact) mass is 245 g/mol. The number of fused-ring (bicyclic) bond motifs is 1. The van der Waals surface area contributed by atoms with E-state index >= 15 is 0 Å². The van der Waals surface area contributed by atoms with Crippen molar-refractivity contribution in [1.29, 1.82) is 0 Å². The molecule has 3 unspecified atom stereocenters. The first-order valence-electron chi connectivity index (χ1n) is 7.29. The maximum absolute atomic E-state index is 10.7. The second-order valence-corrected chi connectivity index (χ2v) is 6.03. The molecule has 2 heteroatoms. The van der Waals surface area contributed by atoms with E-state index in [0.29, 0.717) is 5.92 Å². The van der Waals surface area contributed by atoms with E-state index in [2.05, 4.69) is 30.4 Å². The Labute approximate surface area is 109 Å². The Bertz CT molecular complexity index is 429. The van der Waals surface area contributed by atoms with E-state index in [1.165, 1.54) is 36.9 Å². The summed E-state index contributed by atoms with van der Waals surface area (Å²) in [6.45, 7) is 3.33. The zero-order valence-corrected chi connectivity index (χ0v) is 11.2. The first-order valence-corrected chi connectivity index (χ1v) is 7.29. The summed E-state index contributed by atoms with van der Waals surface area (Å²) < 4.78 is 0. The first kappa shape index (κ1) is 12.0. The van der Waals surface area contributed by atoms with Gasteiger partial charge in [0.25, 0.3) is 0 Å². The van der Waals surface area contributed by atoms with Crippen LogP contribution >= 0.6 is 0 Å². The summed E-state index contributed by atoms with van der Waals surface area (Å²) in [5, 5.41) is 14.1. The third kappa shape index (κ3) is 2.14. The number of para-hydroxylation sites is 1. The van der Waals surface area contributed by atoms with Crippen molar-refractivity contribution >= 4 is 5.69 Å². The van der Waals surface area contributed by atoms with Crippen molar-refractivity contribution in [3.8, 4) is 0 Å². The maximum atomic E-state index is 10.7. The van der Waals surface area contributed by atoms with Gasteiger partial charge < -0.3 is 10.4 Å². The Hall–Kier alpha value is -1.02. The third-order valence-electron chi connectivity index (χ3n) is 4.62. The zero-order chi connectivity index (χ0) is 12.5. The summed E-state index contributed by atoms with van der Waals surface area (Å²) in [4.78, 5) is 0. The molecule has 0 bridgehead atoms. The van der Waals surface area contributed by atoms with Gasteiger partial charge in [0.2, 0.25) is 0 Å². The first-order chi connectivity index (χ1) is 8.75. The summed E-state index contributed by atoms with van der Waals surface area (Å²) in [7, 11) is 0. The highest BCUT2D eigenvalue weighted by Gasteiger charge is 2.29. The van der Waals surface area contributed by atoms with Gasteiger partial charge in [-0.25, -0.2) is 0 Å². The highest BCUT2D eigenvalue weighted by molar-refractivity contribution is 5.62. The van der Waals surface area contributed by atoms with Crippen molar-refractivity contribution in [2.24, 2.45) is 11.8 Å². The average Bonchev–Trinajstić information content (AvgIpc) is 2.86. The molecule has 3 rings (SSSR count). The Balaban J connectivity index is 1.84. The largest absolute Gasteiger partial charge is 0.388 e. The molecule has 2 aliphatic rings. The van der Waals surface area contributed by atoms with Crippen molar-refractivity contribution in [2.75, 3.05) is 11.9 Å². The van der Waals surface area contributed by atoms with E-state index in [4.69, 9.17) is 0 Å². The summed E-state index contributed by atoms with van der Waals surface area (Å²) >= 11 is 0. The topological polar surface area (TPSA) is 32.3 Å². The standard InChI is InChI=1S/C16H23NO/c1-11-4-2-6-13(10-11)16(18)14-7-3-5-12-8-9-17-15(12)14/h3,5,7,11,13,16-18H,2,4,6,8-10H2,1H3. The number of rotatable bonds is 2. The molecule has 0 saturated heterocycles. The lowest BCUT2D eigenvalue weighted by Crippen LogP contribution is -2.20. The Morgan fingerprint density at radius 3 is 3.06 bits per heavy atom. The highest BCUT2D eigenvalue weighted by Crippen LogP contribution is 2.40. The molecule has 1 aliphatic carbocycles. The van der Waals surface area contributed by atoms with Crippen molar-refractivity contribution in [1.82, 2.24) is 0 Å². The van der Waals surface area contributed by atoms with Gasteiger partial charge in [-0.2, -0.15) is 0 Å². The van der Waals surface area contributed by atoms with Crippen LogP contribution in [0.15, 0.2) is 18.2 Å². The number of hydrogen-bond donors (Lipinski definition) is 2. The molecule has 98 valence electrons. The third-order valence-corrected chi connectivity index (χ3v) is 4.62. The summed E-state index contributed by atoms with van der Waals surface area (Å²) in [6.07, 6.45) is 5.75. The molecule has 3 atom stereocenters. The Morgan fingerprint density at radius 1 is 1.33 bits per heavy atom. The van der Waals surface area contributed by atoms with Gasteiger partial charge in [-0.3, -0.25) is 0 Å². The zero-order valence-electron chi connectivity index (χ0n) is 11.2. The fourth-order valence-corrected chi connectivity index (χ4v) is 3.63. The number of aliphatic hydroxyl groups excluding tert-OH is 1. The van der Waals surface area contributed by atoms with Crippen molar-refractivity contribution < 1.29 is 5.11 Å². The fourth-order valence-electron chi connectivity index (χ4n) is 3.63. The second-order valence-electron chi connectivity index (χ2n) is 6.03.